The molecule has 0 aliphatic carbocycles. The molecule has 1 atom stereocenters. The zero-order chi connectivity index (χ0) is 21.0. The number of nitrogens with zero attached hydrogens (tertiary/aromatic N) is 2. The Morgan fingerprint density at radius 2 is 1.86 bits per heavy atom. The van der Waals surface area contributed by atoms with Crippen molar-refractivity contribution in [1.82, 2.24) is 9.80 Å². The maximum atomic E-state index is 13.0. The smallest absolute Gasteiger partial charge is 0.336 e. The topological polar surface area (TPSA) is 66.9 Å². The van der Waals surface area contributed by atoms with Gasteiger partial charge >= 0.3 is 5.97 Å². The molecule has 7 heteroatoms. The number of rotatable bonds is 5. The minimum atomic E-state index is -0.489. The third-order valence-corrected chi connectivity index (χ3v) is 5.95. The first-order valence-corrected chi connectivity index (χ1v) is 10.5. The van der Waals surface area contributed by atoms with Crippen LogP contribution in [0.25, 0.3) is 0 Å². The summed E-state index contributed by atoms with van der Waals surface area (Å²) in [7, 11) is 0. The number of halogens is 1. The summed E-state index contributed by atoms with van der Waals surface area (Å²) < 4.78 is 5.28. The number of ether oxygens (including phenoxy) is 1. The van der Waals surface area contributed by atoms with Crippen molar-refractivity contribution in [2.45, 2.75) is 45.4 Å². The van der Waals surface area contributed by atoms with Crippen LogP contribution in [-0.2, 0) is 19.1 Å². The van der Waals surface area contributed by atoms with Gasteiger partial charge in [-0.3, -0.25) is 9.59 Å². The van der Waals surface area contributed by atoms with Crippen LogP contribution in [0.4, 0.5) is 0 Å². The lowest BCUT2D eigenvalue weighted by Gasteiger charge is -2.36. The second-order valence-electron chi connectivity index (χ2n) is 7.42. The Labute approximate surface area is 176 Å². The van der Waals surface area contributed by atoms with E-state index in [0.717, 1.165) is 32.4 Å². The van der Waals surface area contributed by atoms with Crippen molar-refractivity contribution in [1.29, 1.82) is 0 Å². The van der Waals surface area contributed by atoms with E-state index >= 15 is 0 Å². The molecule has 2 heterocycles. The molecule has 29 heavy (non-hydrogen) atoms. The number of carbonyl (C=O) groups excluding carboxylic acids is 3. The fraction of sp³-hybridized carbons (Fsp3) is 0.500. The lowest BCUT2D eigenvalue weighted by atomic mass is 9.83. The monoisotopic (exact) mass is 418 g/mol. The van der Waals surface area contributed by atoms with Crippen LogP contribution in [0.1, 0.15) is 51.0 Å². The van der Waals surface area contributed by atoms with Gasteiger partial charge in [-0.1, -0.05) is 29.8 Å². The van der Waals surface area contributed by atoms with Gasteiger partial charge in [0, 0.05) is 36.1 Å². The van der Waals surface area contributed by atoms with Gasteiger partial charge in [0.2, 0.25) is 11.8 Å². The molecule has 1 aromatic carbocycles. The van der Waals surface area contributed by atoms with Gasteiger partial charge in [0.1, 0.15) is 6.54 Å². The van der Waals surface area contributed by atoms with Crippen LogP contribution in [0.3, 0.4) is 0 Å². The molecule has 6 nitrogen and oxygen atoms in total. The lowest BCUT2D eigenvalue weighted by molar-refractivity contribution is -0.142. The molecule has 3 rings (SSSR count). The van der Waals surface area contributed by atoms with Crippen LogP contribution in [0.2, 0.25) is 5.02 Å². The minimum Gasteiger partial charge on any atom is -0.463 e. The predicted octanol–water partition coefficient (Wildman–Crippen LogP) is 3.51. The fourth-order valence-electron chi connectivity index (χ4n) is 4.08. The number of likely N-dealkylation sites (tertiary alicyclic amines) is 1. The lowest BCUT2D eigenvalue weighted by Crippen LogP contribution is -2.46. The summed E-state index contributed by atoms with van der Waals surface area (Å²) in [5.41, 5.74) is 1.58. The Morgan fingerprint density at radius 3 is 2.52 bits per heavy atom. The highest BCUT2D eigenvalue weighted by Gasteiger charge is 2.38. The molecule has 1 saturated heterocycles. The van der Waals surface area contributed by atoms with E-state index in [4.69, 9.17) is 16.3 Å². The molecule has 0 saturated carbocycles. The van der Waals surface area contributed by atoms with Gasteiger partial charge in [0.25, 0.3) is 0 Å². The van der Waals surface area contributed by atoms with Gasteiger partial charge in [-0.05, 0) is 44.7 Å². The van der Waals surface area contributed by atoms with Crippen molar-refractivity contribution in [2.24, 2.45) is 0 Å². The largest absolute Gasteiger partial charge is 0.463 e. The number of benzene rings is 1. The van der Waals surface area contributed by atoms with Crippen LogP contribution in [0, 0.1) is 0 Å². The highest BCUT2D eigenvalue weighted by molar-refractivity contribution is 6.31. The number of amides is 2. The van der Waals surface area contributed by atoms with Gasteiger partial charge in [0.05, 0.1) is 12.2 Å². The van der Waals surface area contributed by atoms with E-state index in [1.165, 1.54) is 4.90 Å². The average Bonchev–Trinajstić information content (AvgIpc) is 2.71. The molecule has 0 bridgehead atoms. The molecule has 0 aromatic heterocycles. The summed E-state index contributed by atoms with van der Waals surface area (Å²) in [5, 5.41) is 0.498. The SMILES string of the molecule is CCOC(=O)C1=C(C)N(CC(=O)N2CCCCC2)C(=O)CC1c1ccccc1Cl. The van der Waals surface area contributed by atoms with Crippen LogP contribution in [0.5, 0.6) is 0 Å². The van der Waals surface area contributed by atoms with E-state index in [9.17, 15) is 14.4 Å². The van der Waals surface area contributed by atoms with Gasteiger partial charge in [-0.2, -0.15) is 0 Å². The Kier molecular flexibility index (Phi) is 6.96. The number of hydrogen-bond donors (Lipinski definition) is 0. The summed E-state index contributed by atoms with van der Waals surface area (Å²) >= 11 is 6.36. The van der Waals surface area contributed by atoms with Gasteiger partial charge < -0.3 is 14.5 Å². The maximum Gasteiger partial charge on any atom is 0.336 e. The van der Waals surface area contributed by atoms with E-state index in [1.54, 1.807) is 30.9 Å². The molecule has 0 N–H and O–H groups in total. The summed E-state index contributed by atoms with van der Waals surface area (Å²) in [6, 6.07) is 7.20. The van der Waals surface area contributed by atoms with Crippen molar-refractivity contribution < 1.29 is 19.1 Å². The third-order valence-electron chi connectivity index (χ3n) is 5.60. The average molecular weight is 419 g/mol. The minimum absolute atomic E-state index is 0.0528. The molecule has 2 aliphatic heterocycles. The Hall–Kier alpha value is -2.34. The van der Waals surface area contributed by atoms with Crippen molar-refractivity contribution in [2.75, 3.05) is 26.2 Å². The number of piperidine rings is 1. The highest BCUT2D eigenvalue weighted by atomic mass is 35.5. The second kappa shape index (κ2) is 9.44. The number of allylic oxidation sites excluding steroid dienone is 1. The van der Waals surface area contributed by atoms with Crippen molar-refractivity contribution in [3.63, 3.8) is 0 Å². The Balaban J connectivity index is 1.94. The van der Waals surface area contributed by atoms with E-state index in [-0.39, 0.29) is 31.4 Å². The molecule has 0 radical (unpaired) electrons. The predicted molar refractivity (Wildman–Crippen MR) is 110 cm³/mol. The summed E-state index contributed by atoms with van der Waals surface area (Å²) in [6.07, 6.45) is 3.16. The normalized spacial score (nSPS) is 20.1. The highest BCUT2D eigenvalue weighted by Crippen LogP contribution is 2.39. The van der Waals surface area contributed by atoms with E-state index in [0.29, 0.717) is 21.9 Å². The molecule has 2 aliphatic rings. The first kappa shape index (κ1) is 21.4. The standard InChI is InChI=1S/C22H27ClN2O4/c1-3-29-22(28)21-15(2)25(14-20(27)24-11-7-4-8-12-24)19(26)13-17(21)16-9-5-6-10-18(16)23/h5-6,9-10,17H,3-4,7-8,11-14H2,1-2H3. The number of hydrogen-bond acceptors (Lipinski definition) is 4. The molecular weight excluding hydrogens is 392 g/mol. The van der Waals surface area contributed by atoms with E-state index in [2.05, 4.69) is 0 Å². The Morgan fingerprint density at radius 1 is 1.17 bits per heavy atom. The van der Waals surface area contributed by atoms with Crippen LogP contribution in [-0.4, -0.2) is 53.8 Å². The molecule has 1 fully saturated rings. The van der Waals surface area contributed by atoms with Crippen LogP contribution < -0.4 is 0 Å². The zero-order valence-corrected chi connectivity index (χ0v) is 17.7. The summed E-state index contributed by atoms with van der Waals surface area (Å²) in [5.74, 6) is -1.24. The molecule has 2 amide bonds. The number of esters is 1. The summed E-state index contributed by atoms with van der Waals surface area (Å²) in [4.78, 5) is 41.7. The molecular formula is C22H27ClN2O4. The van der Waals surface area contributed by atoms with Crippen molar-refractivity contribution in [3.8, 4) is 0 Å². The molecule has 156 valence electrons. The molecule has 1 aromatic rings. The van der Waals surface area contributed by atoms with Gasteiger partial charge in [0.15, 0.2) is 0 Å². The van der Waals surface area contributed by atoms with E-state index < -0.39 is 11.9 Å². The van der Waals surface area contributed by atoms with Crippen molar-refractivity contribution in [3.05, 3.63) is 46.1 Å². The second-order valence-corrected chi connectivity index (χ2v) is 7.83. The molecule has 0 spiro atoms. The Bertz CT molecular complexity index is 830. The third kappa shape index (κ3) is 4.64. The van der Waals surface area contributed by atoms with Crippen LogP contribution >= 0.6 is 11.6 Å². The number of carbonyl (C=O) groups is 3. The van der Waals surface area contributed by atoms with Crippen molar-refractivity contribution >= 4 is 29.4 Å². The fourth-order valence-corrected chi connectivity index (χ4v) is 4.35. The maximum absolute atomic E-state index is 13.0. The quantitative estimate of drug-likeness (QED) is 0.686. The molecule has 1 unspecified atom stereocenters. The summed E-state index contributed by atoms with van der Waals surface area (Å²) in [6.45, 7) is 5.06. The van der Waals surface area contributed by atoms with E-state index in [1.807, 2.05) is 12.1 Å². The van der Waals surface area contributed by atoms with Crippen LogP contribution in [0.15, 0.2) is 35.5 Å². The first-order chi connectivity index (χ1) is 13.9. The van der Waals surface area contributed by atoms with Gasteiger partial charge in [-0.15, -0.1) is 0 Å². The van der Waals surface area contributed by atoms with Gasteiger partial charge in [-0.25, -0.2) is 4.79 Å². The zero-order valence-electron chi connectivity index (χ0n) is 16.9. The first-order valence-electron chi connectivity index (χ1n) is 10.1.